The largest absolute Gasteiger partial charge is 0.396 e. The number of aliphatic hydroxyl groups excluding tert-OH is 1. The average molecular weight is 246 g/mol. The number of benzene rings is 1. The molecular weight excluding hydrogens is 228 g/mol. The first-order chi connectivity index (χ1) is 8.51. The van der Waals surface area contributed by atoms with Gasteiger partial charge >= 0.3 is 0 Å². The molecule has 0 radical (unpaired) electrons. The molecule has 4 heteroatoms. The Hall–Kier alpha value is -1.86. The Kier molecular flexibility index (Phi) is 4.87. The van der Waals surface area contributed by atoms with Crippen LogP contribution in [0.25, 0.3) is 0 Å². The summed E-state index contributed by atoms with van der Waals surface area (Å²) in [7, 11) is 0. The number of hydrogen-bond acceptors (Lipinski definition) is 3. The highest BCUT2D eigenvalue weighted by molar-refractivity contribution is 5.78. The van der Waals surface area contributed by atoms with Crippen molar-refractivity contribution in [3.05, 3.63) is 35.9 Å². The van der Waals surface area contributed by atoms with Gasteiger partial charge in [0.25, 0.3) is 0 Å². The highest BCUT2D eigenvalue weighted by Crippen LogP contribution is 2.32. The van der Waals surface area contributed by atoms with Crippen molar-refractivity contribution < 1.29 is 9.90 Å². The Morgan fingerprint density at radius 1 is 1.44 bits per heavy atom. The molecule has 1 rings (SSSR count). The molecule has 1 aromatic rings. The smallest absolute Gasteiger partial charge is 0.234 e. The van der Waals surface area contributed by atoms with E-state index in [1.165, 1.54) is 0 Å². The van der Waals surface area contributed by atoms with Crippen LogP contribution in [0.2, 0.25) is 0 Å². The van der Waals surface area contributed by atoms with Gasteiger partial charge in [0, 0.05) is 5.41 Å². The Balaban J connectivity index is 2.97. The zero-order valence-corrected chi connectivity index (χ0v) is 10.7. The lowest BCUT2D eigenvalue weighted by Crippen LogP contribution is -2.39. The third kappa shape index (κ3) is 3.57. The lowest BCUT2D eigenvalue weighted by Gasteiger charge is -2.33. The Morgan fingerprint density at radius 2 is 2.06 bits per heavy atom. The normalized spacial score (nSPS) is 12.6. The molecule has 0 saturated carbocycles. The molecule has 0 bridgehead atoms. The molecule has 1 atom stereocenters. The van der Waals surface area contributed by atoms with Gasteiger partial charge in [0.2, 0.25) is 5.91 Å². The Labute approximate surface area is 107 Å². The molecule has 0 spiro atoms. The van der Waals surface area contributed by atoms with Crippen molar-refractivity contribution in [3.8, 4) is 6.07 Å². The van der Waals surface area contributed by atoms with Crippen LogP contribution in [0.3, 0.4) is 0 Å². The highest BCUT2D eigenvalue weighted by Gasteiger charge is 2.31. The van der Waals surface area contributed by atoms with Gasteiger partial charge in [0.15, 0.2) is 0 Å². The zero-order chi connectivity index (χ0) is 13.6. The standard InChI is InChI=1S/C14H18N2O2/c1-14(2,10-17)13(16-12(18)8-9-15)11-6-4-3-5-7-11/h3-7,13,17H,8,10H2,1-2H3,(H,16,18). The van der Waals surface area contributed by atoms with Crippen molar-refractivity contribution in [2.24, 2.45) is 5.41 Å². The predicted octanol–water partition coefficient (Wildman–Crippen LogP) is 1.78. The van der Waals surface area contributed by atoms with Gasteiger partial charge in [-0.2, -0.15) is 5.26 Å². The topological polar surface area (TPSA) is 73.1 Å². The molecule has 0 fully saturated rings. The maximum absolute atomic E-state index is 11.6. The number of rotatable bonds is 5. The minimum absolute atomic E-state index is 0.0562. The number of carbonyl (C=O) groups excluding carboxylic acids is 1. The van der Waals surface area contributed by atoms with Crippen LogP contribution in [0.1, 0.15) is 31.9 Å². The van der Waals surface area contributed by atoms with Gasteiger partial charge in [-0.05, 0) is 5.56 Å². The van der Waals surface area contributed by atoms with E-state index in [9.17, 15) is 9.90 Å². The summed E-state index contributed by atoms with van der Waals surface area (Å²) in [5, 5.41) is 20.8. The van der Waals surface area contributed by atoms with Gasteiger partial charge in [0.1, 0.15) is 6.42 Å². The fraction of sp³-hybridized carbons (Fsp3) is 0.429. The molecule has 0 aliphatic carbocycles. The van der Waals surface area contributed by atoms with E-state index in [4.69, 9.17) is 5.26 Å². The van der Waals surface area contributed by atoms with Crippen molar-refractivity contribution in [1.82, 2.24) is 5.32 Å². The minimum Gasteiger partial charge on any atom is -0.396 e. The van der Waals surface area contributed by atoms with Crippen LogP contribution in [-0.4, -0.2) is 17.6 Å². The molecule has 0 aliphatic rings. The predicted molar refractivity (Wildman–Crippen MR) is 68.4 cm³/mol. The number of nitrogens with zero attached hydrogens (tertiary/aromatic N) is 1. The number of aliphatic hydroxyl groups is 1. The second kappa shape index (κ2) is 6.18. The first-order valence-electron chi connectivity index (χ1n) is 5.83. The van der Waals surface area contributed by atoms with Crippen molar-refractivity contribution in [3.63, 3.8) is 0 Å². The first kappa shape index (κ1) is 14.2. The van der Waals surface area contributed by atoms with E-state index < -0.39 is 5.41 Å². The van der Waals surface area contributed by atoms with Gasteiger partial charge in [-0.25, -0.2) is 0 Å². The van der Waals surface area contributed by atoms with Crippen LogP contribution >= 0.6 is 0 Å². The third-order valence-electron chi connectivity index (χ3n) is 2.87. The zero-order valence-electron chi connectivity index (χ0n) is 10.7. The summed E-state index contributed by atoms with van der Waals surface area (Å²) in [5.74, 6) is -0.326. The maximum atomic E-state index is 11.6. The van der Waals surface area contributed by atoms with Crippen molar-refractivity contribution in [2.45, 2.75) is 26.3 Å². The van der Waals surface area contributed by atoms with E-state index in [-0.39, 0.29) is 25.0 Å². The Morgan fingerprint density at radius 3 is 2.56 bits per heavy atom. The van der Waals surface area contributed by atoms with E-state index in [0.717, 1.165) is 5.56 Å². The SMILES string of the molecule is CC(C)(CO)C(NC(=O)CC#N)c1ccccc1. The fourth-order valence-electron chi connectivity index (χ4n) is 1.75. The van der Waals surface area contributed by atoms with E-state index >= 15 is 0 Å². The second-order valence-electron chi connectivity index (χ2n) is 4.89. The van der Waals surface area contributed by atoms with Crippen molar-refractivity contribution in [2.75, 3.05) is 6.61 Å². The number of carbonyl (C=O) groups is 1. The van der Waals surface area contributed by atoms with E-state index in [0.29, 0.717) is 0 Å². The molecule has 1 aromatic carbocycles. The van der Waals surface area contributed by atoms with Crippen LogP contribution in [0.4, 0.5) is 0 Å². The van der Waals surface area contributed by atoms with Crippen LogP contribution in [0.15, 0.2) is 30.3 Å². The van der Waals surface area contributed by atoms with Crippen molar-refractivity contribution in [1.29, 1.82) is 5.26 Å². The molecule has 0 saturated heterocycles. The maximum Gasteiger partial charge on any atom is 0.234 e. The molecule has 0 heterocycles. The summed E-state index contributed by atoms with van der Waals surface area (Å²) in [4.78, 5) is 11.6. The number of amides is 1. The molecule has 1 amide bonds. The lowest BCUT2D eigenvalue weighted by molar-refractivity contribution is -0.122. The lowest BCUT2D eigenvalue weighted by atomic mass is 9.81. The summed E-state index contributed by atoms with van der Waals surface area (Å²) < 4.78 is 0. The summed E-state index contributed by atoms with van der Waals surface area (Å²) >= 11 is 0. The third-order valence-corrected chi connectivity index (χ3v) is 2.87. The van der Waals surface area contributed by atoms with Crippen LogP contribution in [0.5, 0.6) is 0 Å². The van der Waals surface area contributed by atoms with E-state index in [1.54, 1.807) is 0 Å². The van der Waals surface area contributed by atoms with Gasteiger partial charge in [-0.1, -0.05) is 44.2 Å². The van der Waals surface area contributed by atoms with E-state index in [1.807, 2.05) is 50.2 Å². The molecule has 2 N–H and O–H groups in total. The van der Waals surface area contributed by atoms with Crippen LogP contribution in [0, 0.1) is 16.7 Å². The van der Waals surface area contributed by atoms with Gasteiger partial charge in [0.05, 0.1) is 18.7 Å². The van der Waals surface area contributed by atoms with Crippen LogP contribution in [-0.2, 0) is 4.79 Å². The number of hydrogen-bond donors (Lipinski definition) is 2. The summed E-state index contributed by atoms with van der Waals surface area (Å²) in [5.41, 5.74) is 0.426. The monoisotopic (exact) mass is 246 g/mol. The molecule has 0 aliphatic heterocycles. The molecule has 18 heavy (non-hydrogen) atoms. The molecule has 96 valence electrons. The van der Waals surface area contributed by atoms with Gasteiger partial charge < -0.3 is 10.4 Å². The van der Waals surface area contributed by atoms with Gasteiger partial charge in [-0.3, -0.25) is 4.79 Å². The highest BCUT2D eigenvalue weighted by atomic mass is 16.3. The minimum atomic E-state index is -0.494. The van der Waals surface area contributed by atoms with Gasteiger partial charge in [-0.15, -0.1) is 0 Å². The summed E-state index contributed by atoms with van der Waals surface area (Å²) in [6.07, 6.45) is -0.176. The average Bonchev–Trinajstić information content (AvgIpc) is 2.37. The summed E-state index contributed by atoms with van der Waals surface area (Å²) in [6.45, 7) is 3.69. The number of nitrogens with one attached hydrogen (secondary N) is 1. The molecular formula is C14H18N2O2. The summed E-state index contributed by atoms with van der Waals surface area (Å²) in [6, 6.07) is 11.0. The Bertz CT molecular complexity index is 435. The molecule has 0 aromatic heterocycles. The second-order valence-corrected chi connectivity index (χ2v) is 4.89. The quantitative estimate of drug-likeness (QED) is 0.831. The van der Waals surface area contributed by atoms with Crippen molar-refractivity contribution >= 4 is 5.91 Å². The molecule has 1 unspecified atom stereocenters. The fourth-order valence-corrected chi connectivity index (χ4v) is 1.75. The number of nitriles is 1. The van der Waals surface area contributed by atoms with E-state index in [2.05, 4.69) is 5.32 Å². The van der Waals surface area contributed by atoms with Crippen LogP contribution < -0.4 is 5.32 Å². The first-order valence-corrected chi connectivity index (χ1v) is 5.83. The molecule has 4 nitrogen and oxygen atoms in total.